The van der Waals surface area contributed by atoms with Crippen LogP contribution in [0.2, 0.25) is 0 Å². The van der Waals surface area contributed by atoms with Crippen LogP contribution in [0.15, 0.2) is 12.2 Å². The van der Waals surface area contributed by atoms with E-state index in [1.165, 1.54) is 71.8 Å². The standard InChI is InChI=1S/C22H40O4/c1-4-5-6-7-8-9-10-11-12-13-14-15-16-17-18-19-21(23)26-20(2)22(24)25-3/h11-12,20H,4-10,13-19H2,1-3H3/b12-11-. The quantitative estimate of drug-likeness (QED) is 0.176. The summed E-state index contributed by atoms with van der Waals surface area (Å²) >= 11 is 0. The van der Waals surface area contributed by atoms with Gasteiger partial charge in [-0.3, -0.25) is 4.79 Å². The zero-order chi connectivity index (χ0) is 19.5. The zero-order valence-corrected chi connectivity index (χ0v) is 17.3. The highest BCUT2D eigenvalue weighted by Crippen LogP contribution is 2.10. The molecule has 0 spiro atoms. The predicted molar refractivity (Wildman–Crippen MR) is 107 cm³/mol. The molecule has 0 radical (unpaired) electrons. The van der Waals surface area contributed by atoms with Gasteiger partial charge in [0.15, 0.2) is 6.10 Å². The molecule has 0 aromatic heterocycles. The van der Waals surface area contributed by atoms with Crippen molar-refractivity contribution in [3.05, 3.63) is 12.2 Å². The van der Waals surface area contributed by atoms with Crippen LogP contribution >= 0.6 is 0 Å². The zero-order valence-electron chi connectivity index (χ0n) is 17.3. The number of rotatable bonds is 17. The summed E-state index contributed by atoms with van der Waals surface area (Å²) in [6.45, 7) is 3.79. The van der Waals surface area contributed by atoms with Crippen LogP contribution in [0.3, 0.4) is 0 Å². The monoisotopic (exact) mass is 368 g/mol. The fourth-order valence-electron chi connectivity index (χ4n) is 2.81. The van der Waals surface area contributed by atoms with Gasteiger partial charge in [-0.15, -0.1) is 0 Å². The Bertz CT molecular complexity index is 376. The van der Waals surface area contributed by atoms with E-state index in [0.29, 0.717) is 6.42 Å². The van der Waals surface area contributed by atoms with E-state index in [0.717, 1.165) is 25.7 Å². The number of unbranched alkanes of at least 4 members (excludes halogenated alkanes) is 11. The van der Waals surface area contributed by atoms with Crippen molar-refractivity contribution >= 4 is 11.9 Å². The molecule has 0 aliphatic rings. The van der Waals surface area contributed by atoms with Crippen molar-refractivity contribution in [2.45, 2.75) is 110 Å². The lowest BCUT2D eigenvalue weighted by molar-refractivity contribution is -0.164. The fourth-order valence-corrected chi connectivity index (χ4v) is 2.81. The molecule has 0 rings (SSSR count). The van der Waals surface area contributed by atoms with Gasteiger partial charge >= 0.3 is 11.9 Å². The minimum absolute atomic E-state index is 0.319. The Morgan fingerprint density at radius 3 is 1.85 bits per heavy atom. The molecular weight excluding hydrogens is 328 g/mol. The average molecular weight is 369 g/mol. The van der Waals surface area contributed by atoms with Crippen LogP contribution in [-0.2, 0) is 19.1 Å². The van der Waals surface area contributed by atoms with Gasteiger partial charge in [0.2, 0.25) is 0 Å². The van der Waals surface area contributed by atoms with Crippen molar-refractivity contribution in [2.75, 3.05) is 7.11 Å². The van der Waals surface area contributed by atoms with Crippen molar-refractivity contribution in [1.29, 1.82) is 0 Å². The minimum atomic E-state index is -0.810. The molecule has 0 fully saturated rings. The topological polar surface area (TPSA) is 52.6 Å². The van der Waals surface area contributed by atoms with E-state index in [4.69, 9.17) is 4.74 Å². The first-order valence-corrected chi connectivity index (χ1v) is 10.5. The summed E-state index contributed by atoms with van der Waals surface area (Å²) in [5.74, 6) is -0.830. The molecule has 0 bridgehead atoms. The molecule has 0 aliphatic carbocycles. The first-order chi connectivity index (χ1) is 12.6. The molecule has 0 aromatic carbocycles. The van der Waals surface area contributed by atoms with Crippen molar-refractivity contribution < 1.29 is 19.1 Å². The molecule has 4 nitrogen and oxygen atoms in total. The molecule has 152 valence electrons. The van der Waals surface area contributed by atoms with Crippen LogP contribution in [0, 0.1) is 0 Å². The summed E-state index contributed by atoms with van der Waals surface area (Å²) in [5, 5.41) is 0. The summed E-state index contributed by atoms with van der Waals surface area (Å²) in [7, 11) is 1.29. The maximum absolute atomic E-state index is 11.6. The lowest BCUT2D eigenvalue weighted by atomic mass is 10.1. The normalized spacial score (nSPS) is 12.3. The Morgan fingerprint density at radius 2 is 1.31 bits per heavy atom. The number of carbonyl (C=O) groups excluding carboxylic acids is 2. The number of hydrogen-bond acceptors (Lipinski definition) is 4. The van der Waals surface area contributed by atoms with Gasteiger partial charge in [0.05, 0.1) is 7.11 Å². The number of carbonyl (C=O) groups is 2. The molecule has 4 heteroatoms. The van der Waals surface area contributed by atoms with E-state index >= 15 is 0 Å². The van der Waals surface area contributed by atoms with Crippen molar-refractivity contribution in [3.63, 3.8) is 0 Å². The highest BCUT2D eigenvalue weighted by molar-refractivity contribution is 5.78. The summed E-state index contributed by atoms with van der Waals surface area (Å²) in [6, 6.07) is 0. The fraction of sp³-hybridized carbons (Fsp3) is 0.818. The third kappa shape index (κ3) is 16.2. The van der Waals surface area contributed by atoms with Crippen LogP contribution in [0.25, 0.3) is 0 Å². The number of methoxy groups -OCH3 is 1. The Morgan fingerprint density at radius 1 is 0.808 bits per heavy atom. The molecule has 26 heavy (non-hydrogen) atoms. The maximum Gasteiger partial charge on any atom is 0.346 e. The predicted octanol–water partition coefficient (Wildman–Crippen LogP) is 6.13. The van der Waals surface area contributed by atoms with E-state index in [-0.39, 0.29) is 5.97 Å². The third-order valence-corrected chi connectivity index (χ3v) is 4.48. The number of hydrogen-bond donors (Lipinski definition) is 0. The molecule has 1 unspecified atom stereocenters. The maximum atomic E-state index is 11.6. The Kier molecular flexibility index (Phi) is 17.5. The summed E-state index contributed by atoms with van der Waals surface area (Å²) in [5.41, 5.74) is 0. The second-order valence-electron chi connectivity index (χ2n) is 6.99. The Balaban J connectivity index is 3.34. The Labute approximate surface area is 160 Å². The van der Waals surface area contributed by atoms with Gasteiger partial charge in [0.25, 0.3) is 0 Å². The van der Waals surface area contributed by atoms with Crippen LogP contribution in [-0.4, -0.2) is 25.2 Å². The lowest BCUT2D eigenvalue weighted by Gasteiger charge is -2.10. The van der Waals surface area contributed by atoms with E-state index in [1.54, 1.807) is 0 Å². The summed E-state index contributed by atoms with van der Waals surface area (Å²) in [4.78, 5) is 22.7. The lowest BCUT2D eigenvalue weighted by Crippen LogP contribution is -2.25. The van der Waals surface area contributed by atoms with Gasteiger partial charge in [-0.25, -0.2) is 4.79 Å². The van der Waals surface area contributed by atoms with Gasteiger partial charge < -0.3 is 9.47 Å². The molecule has 0 saturated carbocycles. The first kappa shape index (κ1) is 24.7. The van der Waals surface area contributed by atoms with E-state index < -0.39 is 12.1 Å². The van der Waals surface area contributed by atoms with Gasteiger partial charge in [-0.05, 0) is 39.0 Å². The van der Waals surface area contributed by atoms with Crippen LogP contribution in [0.1, 0.15) is 104 Å². The number of esters is 2. The molecule has 0 N–H and O–H groups in total. The van der Waals surface area contributed by atoms with Crippen LogP contribution in [0.5, 0.6) is 0 Å². The van der Waals surface area contributed by atoms with Crippen molar-refractivity contribution in [3.8, 4) is 0 Å². The molecule has 0 saturated heterocycles. The van der Waals surface area contributed by atoms with E-state index in [2.05, 4.69) is 23.8 Å². The average Bonchev–Trinajstić information content (AvgIpc) is 2.64. The van der Waals surface area contributed by atoms with Crippen molar-refractivity contribution in [2.24, 2.45) is 0 Å². The summed E-state index contributed by atoms with van der Waals surface area (Å²) in [6.07, 6.45) is 20.2. The molecular formula is C22H40O4. The van der Waals surface area contributed by atoms with Gasteiger partial charge in [0.1, 0.15) is 0 Å². The van der Waals surface area contributed by atoms with Crippen LogP contribution in [0.4, 0.5) is 0 Å². The molecule has 0 amide bonds. The number of ether oxygens (including phenoxy) is 2. The van der Waals surface area contributed by atoms with E-state index in [9.17, 15) is 9.59 Å². The number of allylic oxidation sites excluding steroid dienone is 2. The second-order valence-corrected chi connectivity index (χ2v) is 6.99. The molecule has 0 aliphatic heterocycles. The van der Waals surface area contributed by atoms with E-state index in [1.807, 2.05) is 0 Å². The van der Waals surface area contributed by atoms with Crippen LogP contribution < -0.4 is 0 Å². The van der Waals surface area contributed by atoms with Gasteiger partial charge in [0, 0.05) is 6.42 Å². The van der Waals surface area contributed by atoms with Crippen molar-refractivity contribution in [1.82, 2.24) is 0 Å². The van der Waals surface area contributed by atoms with Gasteiger partial charge in [-0.2, -0.15) is 0 Å². The largest absolute Gasteiger partial charge is 0.466 e. The smallest absolute Gasteiger partial charge is 0.346 e. The highest BCUT2D eigenvalue weighted by Gasteiger charge is 2.17. The van der Waals surface area contributed by atoms with Gasteiger partial charge in [-0.1, -0.05) is 70.4 Å². The first-order valence-electron chi connectivity index (χ1n) is 10.5. The summed E-state index contributed by atoms with van der Waals surface area (Å²) < 4.78 is 9.52. The minimum Gasteiger partial charge on any atom is -0.466 e. The third-order valence-electron chi connectivity index (χ3n) is 4.48. The Hall–Kier alpha value is -1.32. The SMILES string of the molecule is CCCCCCCC/C=C\CCCCCCCC(=O)OC(C)C(=O)OC. The molecule has 0 heterocycles. The molecule has 1 atom stereocenters. The highest BCUT2D eigenvalue weighted by atomic mass is 16.6. The molecule has 0 aromatic rings. The second kappa shape index (κ2) is 18.5.